The molecule has 2 aliphatic rings. The molecule has 0 radical (unpaired) electrons. The van der Waals surface area contributed by atoms with Crippen LogP contribution >= 0.6 is 0 Å². The minimum atomic E-state index is -1.70. The summed E-state index contributed by atoms with van der Waals surface area (Å²) >= 11 is 0. The predicted molar refractivity (Wildman–Crippen MR) is 256 cm³/mol. The molecule has 14 heteroatoms. The van der Waals surface area contributed by atoms with E-state index in [0.717, 1.165) is 70.6 Å². The summed E-state index contributed by atoms with van der Waals surface area (Å²) in [5, 5.41) is 71.9. The van der Waals surface area contributed by atoms with Gasteiger partial charge in [0.25, 0.3) is 0 Å². The molecule has 11 atom stereocenters. The lowest BCUT2D eigenvalue weighted by molar-refractivity contribution is -0.332. The minimum Gasteiger partial charge on any atom is -0.457 e. The first-order valence-electron chi connectivity index (χ1n) is 25.7. The van der Waals surface area contributed by atoms with Gasteiger partial charge in [-0.1, -0.05) is 165 Å². The van der Waals surface area contributed by atoms with Crippen molar-refractivity contribution in [2.24, 2.45) is 0 Å². The molecule has 0 aromatic rings. The van der Waals surface area contributed by atoms with Crippen molar-refractivity contribution in [2.45, 2.75) is 242 Å². The van der Waals surface area contributed by atoms with Crippen LogP contribution in [0.15, 0.2) is 48.6 Å². The van der Waals surface area contributed by atoms with Crippen LogP contribution in [0.5, 0.6) is 0 Å². The SMILES string of the molecule is CC/C=C\C/C=C\C/C=C\C/C=C\CCCCCCCCCCCCCCC(=O)OC(COCCCCCCCCC)COC1OC(COC2OC(CO)C(O)C(O)C2O)C(O)C(O)C1O. The number of ether oxygens (including phenoxy) is 6. The van der Waals surface area contributed by atoms with E-state index in [1.807, 2.05) is 0 Å². The van der Waals surface area contributed by atoms with Crippen LogP contribution in [0.2, 0.25) is 0 Å². The summed E-state index contributed by atoms with van der Waals surface area (Å²) < 4.78 is 34.1. The minimum absolute atomic E-state index is 0.0608. The standard InChI is InChI=1S/C52H92O14/c1-3-5-7-9-11-12-13-14-15-16-17-18-19-20-21-22-23-24-25-26-27-28-29-31-33-35-44(54)64-41(38-61-36-34-32-30-10-8-6-4-2)39-62-51-50(60)48(58)46(56)43(66-51)40-63-52-49(59)47(57)45(55)42(37-53)65-52/h5,7,11-12,14-15,17-18,41-43,45-53,55-60H,3-4,6,8-10,13,16,19-40H2,1-2H3/b7-5-,12-11-,15-14-,18-17-. The highest BCUT2D eigenvalue weighted by atomic mass is 16.7. The van der Waals surface area contributed by atoms with Crippen LogP contribution in [0, 0.1) is 0 Å². The van der Waals surface area contributed by atoms with Gasteiger partial charge in [0, 0.05) is 13.0 Å². The number of rotatable bonds is 40. The fraction of sp³-hybridized carbons (Fsp3) is 0.827. The van der Waals surface area contributed by atoms with Gasteiger partial charge in [0.2, 0.25) is 0 Å². The van der Waals surface area contributed by atoms with Gasteiger partial charge < -0.3 is 64.2 Å². The van der Waals surface area contributed by atoms with Crippen molar-refractivity contribution in [3.05, 3.63) is 48.6 Å². The summed E-state index contributed by atoms with van der Waals surface area (Å²) in [5.74, 6) is -0.382. The molecule has 0 aliphatic carbocycles. The Morgan fingerprint density at radius 2 is 0.985 bits per heavy atom. The lowest BCUT2D eigenvalue weighted by atomic mass is 9.98. The molecule has 7 N–H and O–H groups in total. The van der Waals surface area contributed by atoms with E-state index in [2.05, 4.69) is 62.5 Å². The predicted octanol–water partition coefficient (Wildman–Crippen LogP) is 7.57. The Kier molecular flexibility index (Phi) is 36.2. The fourth-order valence-corrected chi connectivity index (χ4v) is 7.92. The smallest absolute Gasteiger partial charge is 0.306 e. The number of unbranched alkanes of at least 4 members (excludes halogenated alkanes) is 18. The summed E-state index contributed by atoms with van der Waals surface area (Å²) in [6, 6.07) is 0. The van der Waals surface area contributed by atoms with E-state index < -0.39 is 80.7 Å². The van der Waals surface area contributed by atoms with Crippen molar-refractivity contribution >= 4 is 5.97 Å². The molecule has 2 rings (SSSR count). The number of allylic oxidation sites excluding steroid dienone is 8. The third-order valence-electron chi connectivity index (χ3n) is 12.1. The van der Waals surface area contributed by atoms with Gasteiger partial charge in [-0.25, -0.2) is 0 Å². The van der Waals surface area contributed by atoms with Crippen molar-refractivity contribution < 1.29 is 69.0 Å². The van der Waals surface area contributed by atoms with E-state index >= 15 is 0 Å². The third kappa shape index (κ3) is 27.2. The first kappa shape index (κ1) is 60.1. The lowest BCUT2D eigenvalue weighted by Gasteiger charge is -2.42. The molecule has 384 valence electrons. The summed E-state index contributed by atoms with van der Waals surface area (Å²) in [6.45, 7) is 3.53. The quantitative estimate of drug-likeness (QED) is 0.0179. The average Bonchev–Trinajstić information content (AvgIpc) is 3.31. The summed E-state index contributed by atoms with van der Waals surface area (Å²) in [6.07, 6.45) is 29.2. The van der Waals surface area contributed by atoms with Gasteiger partial charge in [0.1, 0.15) is 54.9 Å². The van der Waals surface area contributed by atoms with Crippen LogP contribution < -0.4 is 0 Å². The second-order valence-electron chi connectivity index (χ2n) is 18.0. The average molecular weight is 941 g/mol. The van der Waals surface area contributed by atoms with Crippen LogP contribution in [-0.2, 0) is 33.2 Å². The molecule has 0 amide bonds. The first-order valence-corrected chi connectivity index (χ1v) is 25.7. The number of carbonyl (C=O) groups is 1. The topological polar surface area (TPSA) is 214 Å². The maximum atomic E-state index is 13.0. The van der Waals surface area contributed by atoms with Crippen LogP contribution in [0.1, 0.15) is 174 Å². The third-order valence-corrected chi connectivity index (χ3v) is 12.1. The molecule has 2 saturated heterocycles. The van der Waals surface area contributed by atoms with E-state index in [4.69, 9.17) is 28.4 Å². The monoisotopic (exact) mass is 941 g/mol. The van der Waals surface area contributed by atoms with Gasteiger partial charge in [-0.15, -0.1) is 0 Å². The van der Waals surface area contributed by atoms with Crippen LogP contribution in [-0.4, -0.2) is 142 Å². The number of hydrogen-bond donors (Lipinski definition) is 7. The molecule has 66 heavy (non-hydrogen) atoms. The molecule has 14 nitrogen and oxygen atoms in total. The van der Waals surface area contributed by atoms with Gasteiger partial charge >= 0.3 is 5.97 Å². The van der Waals surface area contributed by atoms with Crippen LogP contribution in [0.3, 0.4) is 0 Å². The molecule has 2 fully saturated rings. The van der Waals surface area contributed by atoms with Crippen molar-refractivity contribution in [3.63, 3.8) is 0 Å². The Morgan fingerprint density at radius 1 is 0.515 bits per heavy atom. The van der Waals surface area contributed by atoms with Gasteiger partial charge in [-0.2, -0.15) is 0 Å². The van der Waals surface area contributed by atoms with E-state index in [0.29, 0.717) is 13.0 Å². The molecule has 2 heterocycles. The molecule has 0 saturated carbocycles. The zero-order valence-electron chi connectivity index (χ0n) is 40.7. The summed E-state index contributed by atoms with van der Waals surface area (Å²) in [5.41, 5.74) is 0. The van der Waals surface area contributed by atoms with Crippen molar-refractivity contribution in [3.8, 4) is 0 Å². The van der Waals surface area contributed by atoms with E-state index in [1.165, 1.54) is 77.0 Å². The fourth-order valence-electron chi connectivity index (χ4n) is 7.92. The zero-order chi connectivity index (χ0) is 48.0. The molecular weight excluding hydrogens is 849 g/mol. The molecule has 0 bridgehead atoms. The number of carbonyl (C=O) groups excluding carboxylic acids is 1. The summed E-state index contributed by atoms with van der Waals surface area (Å²) in [4.78, 5) is 13.0. The number of hydrogen-bond acceptors (Lipinski definition) is 14. The second kappa shape index (κ2) is 39.8. The Bertz CT molecular complexity index is 1280. The van der Waals surface area contributed by atoms with Gasteiger partial charge in [-0.3, -0.25) is 4.79 Å². The van der Waals surface area contributed by atoms with Crippen molar-refractivity contribution in [1.29, 1.82) is 0 Å². The molecule has 0 aromatic heterocycles. The van der Waals surface area contributed by atoms with E-state index in [1.54, 1.807) is 0 Å². The second-order valence-corrected chi connectivity index (χ2v) is 18.0. The van der Waals surface area contributed by atoms with Crippen molar-refractivity contribution in [1.82, 2.24) is 0 Å². The maximum absolute atomic E-state index is 13.0. The van der Waals surface area contributed by atoms with Crippen molar-refractivity contribution in [2.75, 3.05) is 33.0 Å². The Balaban J connectivity index is 1.66. The zero-order valence-corrected chi connectivity index (χ0v) is 40.7. The Hall–Kier alpha value is -2.05. The number of aliphatic hydroxyl groups is 7. The Labute approximate surface area is 397 Å². The normalized spacial score (nSPS) is 26.7. The number of aliphatic hydroxyl groups excluding tert-OH is 7. The molecule has 0 aromatic carbocycles. The van der Waals surface area contributed by atoms with Crippen LogP contribution in [0.4, 0.5) is 0 Å². The lowest BCUT2D eigenvalue weighted by Crippen LogP contribution is -2.61. The molecule has 11 unspecified atom stereocenters. The Morgan fingerprint density at radius 3 is 1.55 bits per heavy atom. The van der Waals surface area contributed by atoms with E-state index in [-0.39, 0.29) is 25.6 Å². The maximum Gasteiger partial charge on any atom is 0.306 e. The van der Waals surface area contributed by atoms with Gasteiger partial charge in [-0.05, 0) is 51.4 Å². The highest BCUT2D eigenvalue weighted by Crippen LogP contribution is 2.26. The number of esters is 1. The van der Waals surface area contributed by atoms with Gasteiger partial charge in [0.15, 0.2) is 12.6 Å². The largest absolute Gasteiger partial charge is 0.457 e. The van der Waals surface area contributed by atoms with Gasteiger partial charge in [0.05, 0.1) is 26.4 Å². The molecular formula is C52H92O14. The molecule has 0 spiro atoms. The molecule has 2 aliphatic heterocycles. The highest BCUT2D eigenvalue weighted by Gasteiger charge is 2.47. The van der Waals surface area contributed by atoms with E-state index in [9.17, 15) is 40.5 Å². The first-order chi connectivity index (χ1) is 32.1. The highest BCUT2D eigenvalue weighted by molar-refractivity contribution is 5.69. The summed E-state index contributed by atoms with van der Waals surface area (Å²) in [7, 11) is 0. The van der Waals surface area contributed by atoms with Crippen LogP contribution in [0.25, 0.3) is 0 Å².